The van der Waals surface area contributed by atoms with Crippen molar-refractivity contribution < 1.29 is 5.21 Å². The number of hydrogen-bond acceptors (Lipinski definition) is 5. The van der Waals surface area contributed by atoms with Gasteiger partial charge >= 0.3 is 0 Å². The lowest BCUT2D eigenvalue weighted by Crippen LogP contribution is -2.30. The van der Waals surface area contributed by atoms with E-state index in [0.717, 1.165) is 19.0 Å². The van der Waals surface area contributed by atoms with Gasteiger partial charge in [-0.1, -0.05) is 5.16 Å². The lowest BCUT2D eigenvalue weighted by Gasteiger charge is -2.23. The Morgan fingerprint density at radius 2 is 2.24 bits per heavy atom. The molecule has 1 heterocycles. The largest absolute Gasteiger partial charge is 0.409 e. The Morgan fingerprint density at radius 1 is 1.53 bits per heavy atom. The molecule has 2 rings (SSSR count). The molecule has 0 amide bonds. The molecule has 92 valence electrons. The van der Waals surface area contributed by atoms with E-state index in [1.165, 1.54) is 12.8 Å². The lowest BCUT2D eigenvalue weighted by molar-refractivity contribution is 0.318. The summed E-state index contributed by atoms with van der Waals surface area (Å²) in [5, 5.41) is 11.7. The van der Waals surface area contributed by atoms with Crippen LogP contribution in [0, 0.1) is 5.92 Å². The summed E-state index contributed by atoms with van der Waals surface area (Å²) in [6, 6.07) is 0. The van der Waals surface area contributed by atoms with E-state index in [1.54, 1.807) is 12.4 Å². The zero-order valence-corrected chi connectivity index (χ0v) is 9.87. The van der Waals surface area contributed by atoms with Crippen molar-refractivity contribution >= 4 is 11.7 Å². The fourth-order valence-corrected chi connectivity index (χ4v) is 1.77. The van der Waals surface area contributed by atoms with Gasteiger partial charge < -0.3 is 15.8 Å². The SMILES string of the molecule is CCN(CC1CC1)c1nccnc1C(N)=NO. The molecule has 1 aromatic heterocycles. The predicted molar refractivity (Wildman–Crippen MR) is 65.2 cm³/mol. The van der Waals surface area contributed by atoms with Crippen LogP contribution in [0.5, 0.6) is 0 Å². The summed E-state index contributed by atoms with van der Waals surface area (Å²) in [4.78, 5) is 10.5. The molecule has 0 aromatic carbocycles. The Kier molecular flexibility index (Phi) is 3.41. The normalized spacial score (nSPS) is 15.9. The number of nitrogens with two attached hydrogens (primary N) is 1. The molecule has 0 unspecified atom stereocenters. The Morgan fingerprint density at radius 3 is 2.82 bits per heavy atom. The van der Waals surface area contributed by atoms with Gasteiger partial charge in [-0.25, -0.2) is 9.97 Å². The molecule has 1 aliphatic rings. The molecule has 3 N–H and O–H groups in total. The number of rotatable bonds is 5. The third-order valence-corrected chi connectivity index (χ3v) is 2.89. The van der Waals surface area contributed by atoms with Crippen molar-refractivity contribution in [2.45, 2.75) is 19.8 Å². The van der Waals surface area contributed by atoms with Gasteiger partial charge in [0, 0.05) is 25.5 Å². The van der Waals surface area contributed by atoms with E-state index in [-0.39, 0.29) is 5.84 Å². The van der Waals surface area contributed by atoms with Crippen molar-refractivity contribution in [2.75, 3.05) is 18.0 Å². The first kappa shape index (κ1) is 11.6. The summed E-state index contributed by atoms with van der Waals surface area (Å²) in [7, 11) is 0. The van der Waals surface area contributed by atoms with Crippen LogP contribution in [0.1, 0.15) is 25.5 Å². The molecule has 1 saturated carbocycles. The Bertz CT molecular complexity index is 416. The van der Waals surface area contributed by atoms with Gasteiger partial charge in [-0.15, -0.1) is 0 Å². The van der Waals surface area contributed by atoms with Gasteiger partial charge in [0.2, 0.25) is 0 Å². The van der Waals surface area contributed by atoms with Crippen LogP contribution in [0.2, 0.25) is 0 Å². The molecule has 1 aromatic rings. The minimum absolute atomic E-state index is 0.00217. The van der Waals surface area contributed by atoms with Crippen molar-refractivity contribution in [3.05, 3.63) is 18.1 Å². The Labute approximate surface area is 100 Å². The van der Waals surface area contributed by atoms with E-state index in [4.69, 9.17) is 10.9 Å². The summed E-state index contributed by atoms with van der Waals surface area (Å²) in [5.74, 6) is 1.44. The molecule has 0 radical (unpaired) electrons. The first-order chi connectivity index (χ1) is 8.26. The van der Waals surface area contributed by atoms with Gasteiger partial charge in [-0.05, 0) is 25.7 Å². The first-order valence-corrected chi connectivity index (χ1v) is 5.80. The summed E-state index contributed by atoms with van der Waals surface area (Å²) in [5.41, 5.74) is 6.05. The van der Waals surface area contributed by atoms with Crippen LogP contribution in [0.3, 0.4) is 0 Å². The molecule has 0 spiro atoms. The quantitative estimate of drug-likeness (QED) is 0.341. The van der Waals surface area contributed by atoms with Crippen LogP contribution in [-0.2, 0) is 0 Å². The fourth-order valence-electron chi connectivity index (χ4n) is 1.77. The van der Waals surface area contributed by atoms with Crippen molar-refractivity contribution in [3.63, 3.8) is 0 Å². The lowest BCUT2D eigenvalue weighted by atomic mass is 10.3. The molecule has 17 heavy (non-hydrogen) atoms. The summed E-state index contributed by atoms with van der Waals surface area (Å²) < 4.78 is 0. The van der Waals surface area contributed by atoms with E-state index in [9.17, 15) is 0 Å². The van der Waals surface area contributed by atoms with Crippen molar-refractivity contribution in [2.24, 2.45) is 16.8 Å². The van der Waals surface area contributed by atoms with Crippen LogP contribution < -0.4 is 10.6 Å². The topological polar surface area (TPSA) is 87.6 Å². The Hall–Kier alpha value is -1.85. The van der Waals surface area contributed by atoms with Crippen LogP contribution in [0.4, 0.5) is 5.82 Å². The number of oxime groups is 1. The van der Waals surface area contributed by atoms with Gasteiger partial charge in [0.15, 0.2) is 17.3 Å². The minimum atomic E-state index is 0.00217. The Balaban J connectivity index is 2.27. The van der Waals surface area contributed by atoms with Gasteiger partial charge in [0.05, 0.1) is 0 Å². The van der Waals surface area contributed by atoms with Crippen molar-refractivity contribution in [3.8, 4) is 0 Å². The van der Waals surface area contributed by atoms with Gasteiger partial charge in [-0.2, -0.15) is 0 Å². The third kappa shape index (κ3) is 2.64. The van der Waals surface area contributed by atoms with Crippen LogP contribution >= 0.6 is 0 Å². The zero-order chi connectivity index (χ0) is 12.3. The number of anilines is 1. The summed E-state index contributed by atoms with van der Waals surface area (Å²) in [6.07, 6.45) is 5.71. The summed E-state index contributed by atoms with van der Waals surface area (Å²) in [6.45, 7) is 3.86. The smallest absolute Gasteiger partial charge is 0.192 e. The highest BCUT2D eigenvalue weighted by atomic mass is 16.4. The average molecular weight is 235 g/mol. The number of hydrogen-bond donors (Lipinski definition) is 2. The van der Waals surface area contributed by atoms with E-state index < -0.39 is 0 Å². The monoisotopic (exact) mass is 235 g/mol. The molecule has 6 nitrogen and oxygen atoms in total. The maximum Gasteiger partial charge on any atom is 0.192 e. The standard InChI is InChI=1S/C11H17N5O/c1-2-16(7-8-3-4-8)11-9(10(12)15-17)13-5-6-14-11/h5-6,8,17H,2-4,7H2,1H3,(H2,12,15). The molecule has 0 atom stereocenters. The van der Waals surface area contributed by atoms with Crippen LogP contribution in [0.15, 0.2) is 17.5 Å². The van der Waals surface area contributed by atoms with E-state index in [0.29, 0.717) is 11.5 Å². The van der Waals surface area contributed by atoms with Crippen LogP contribution in [-0.4, -0.2) is 34.1 Å². The second-order valence-corrected chi connectivity index (χ2v) is 4.20. The van der Waals surface area contributed by atoms with E-state index in [2.05, 4.69) is 26.9 Å². The minimum Gasteiger partial charge on any atom is -0.409 e. The maximum absolute atomic E-state index is 8.74. The van der Waals surface area contributed by atoms with Crippen molar-refractivity contribution in [1.82, 2.24) is 9.97 Å². The number of amidine groups is 1. The van der Waals surface area contributed by atoms with Gasteiger partial charge in [-0.3, -0.25) is 0 Å². The van der Waals surface area contributed by atoms with Crippen LogP contribution in [0.25, 0.3) is 0 Å². The van der Waals surface area contributed by atoms with Gasteiger partial charge in [0.1, 0.15) is 0 Å². The molecule has 0 saturated heterocycles. The molecule has 0 bridgehead atoms. The van der Waals surface area contributed by atoms with Gasteiger partial charge in [0.25, 0.3) is 0 Å². The second-order valence-electron chi connectivity index (χ2n) is 4.20. The highest BCUT2D eigenvalue weighted by Gasteiger charge is 2.26. The van der Waals surface area contributed by atoms with E-state index >= 15 is 0 Å². The molecular formula is C11H17N5O. The van der Waals surface area contributed by atoms with Crippen molar-refractivity contribution in [1.29, 1.82) is 0 Å². The first-order valence-electron chi connectivity index (χ1n) is 5.80. The summed E-state index contributed by atoms with van der Waals surface area (Å²) >= 11 is 0. The fraction of sp³-hybridized carbons (Fsp3) is 0.545. The molecular weight excluding hydrogens is 218 g/mol. The molecule has 1 fully saturated rings. The van der Waals surface area contributed by atoms with E-state index in [1.807, 2.05) is 0 Å². The number of aromatic nitrogens is 2. The molecule has 1 aliphatic carbocycles. The number of nitrogens with zero attached hydrogens (tertiary/aromatic N) is 4. The highest BCUT2D eigenvalue weighted by Crippen LogP contribution is 2.31. The second kappa shape index (κ2) is 4.99. The highest BCUT2D eigenvalue weighted by molar-refractivity contribution is 5.99. The molecule has 6 heteroatoms. The third-order valence-electron chi connectivity index (χ3n) is 2.89. The maximum atomic E-state index is 8.74. The predicted octanol–water partition coefficient (Wildman–Crippen LogP) is 0.807. The molecule has 0 aliphatic heterocycles. The average Bonchev–Trinajstić information content (AvgIpc) is 3.19. The zero-order valence-electron chi connectivity index (χ0n) is 9.87.